The van der Waals surface area contributed by atoms with Crippen molar-refractivity contribution >= 4 is 21.7 Å². The number of hydrogen-bond donors (Lipinski definition) is 1. The molecule has 2 rings (SSSR count). The van der Waals surface area contributed by atoms with Gasteiger partial charge in [0.2, 0.25) is 0 Å². The fourth-order valence-electron chi connectivity index (χ4n) is 1.95. The van der Waals surface area contributed by atoms with Crippen LogP contribution in [0.25, 0.3) is 0 Å². The zero-order valence-electron chi connectivity index (χ0n) is 9.34. The van der Waals surface area contributed by atoms with Gasteiger partial charge in [0.25, 0.3) is 0 Å². The fraction of sp³-hybridized carbons (Fsp3) is 0.417. The Labute approximate surface area is 103 Å². The minimum atomic E-state index is -0.199. The van der Waals surface area contributed by atoms with Crippen LogP contribution in [0.15, 0.2) is 16.6 Å². The summed E-state index contributed by atoms with van der Waals surface area (Å²) in [5, 5.41) is 0. The zero-order chi connectivity index (χ0) is 11.9. The highest BCUT2D eigenvalue weighted by molar-refractivity contribution is 9.10. The van der Waals surface area contributed by atoms with E-state index in [0.717, 1.165) is 22.2 Å². The molecule has 4 heteroatoms. The van der Waals surface area contributed by atoms with Crippen molar-refractivity contribution in [2.24, 2.45) is 5.73 Å². The summed E-state index contributed by atoms with van der Waals surface area (Å²) >= 11 is 3.43. The molecule has 1 aromatic carbocycles. The lowest BCUT2D eigenvalue weighted by molar-refractivity contribution is 0.100. The van der Waals surface area contributed by atoms with E-state index in [1.54, 1.807) is 6.07 Å². The summed E-state index contributed by atoms with van der Waals surface area (Å²) in [5.41, 5.74) is 6.87. The standard InChI is InChI=1S/C12H14BrNO2/c1-12(2)5-8-3-7(10(15)6-14)4-9(13)11(8)16-12/h3-4H,5-6,14H2,1-2H3. The first-order valence-electron chi connectivity index (χ1n) is 5.17. The molecule has 0 amide bonds. The molecule has 0 unspecified atom stereocenters. The molecule has 0 saturated heterocycles. The number of benzene rings is 1. The predicted octanol–water partition coefficient (Wildman–Crippen LogP) is 2.30. The van der Waals surface area contributed by atoms with E-state index in [4.69, 9.17) is 10.5 Å². The second-order valence-corrected chi connectivity index (χ2v) is 5.47. The largest absolute Gasteiger partial charge is 0.486 e. The highest BCUT2D eigenvalue weighted by Crippen LogP contribution is 2.41. The summed E-state index contributed by atoms with van der Waals surface area (Å²) in [6, 6.07) is 3.65. The van der Waals surface area contributed by atoms with E-state index in [-0.39, 0.29) is 17.9 Å². The number of ether oxygens (including phenoxy) is 1. The molecule has 0 atom stereocenters. The third kappa shape index (κ3) is 1.99. The fourth-order valence-corrected chi connectivity index (χ4v) is 2.53. The summed E-state index contributed by atoms with van der Waals surface area (Å²) < 4.78 is 6.63. The molecule has 86 valence electrons. The van der Waals surface area contributed by atoms with Gasteiger partial charge in [-0.25, -0.2) is 0 Å². The van der Waals surface area contributed by atoms with Crippen molar-refractivity contribution in [1.29, 1.82) is 0 Å². The predicted molar refractivity (Wildman–Crippen MR) is 65.9 cm³/mol. The summed E-state index contributed by atoms with van der Waals surface area (Å²) in [7, 11) is 0. The van der Waals surface area contributed by atoms with Gasteiger partial charge in [0.1, 0.15) is 11.4 Å². The van der Waals surface area contributed by atoms with Crippen LogP contribution in [0, 0.1) is 0 Å². The van der Waals surface area contributed by atoms with Crippen molar-refractivity contribution in [3.63, 3.8) is 0 Å². The smallest absolute Gasteiger partial charge is 0.176 e. The molecule has 1 heterocycles. The summed E-state index contributed by atoms with van der Waals surface area (Å²) in [5.74, 6) is 0.798. The molecule has 0 saturated carbocycles. The molecule has 0 radical (unpaired) electrons. The molecule has 16 heavy (non-hydrogen) atoms. The number of fused-ring (bicyclic) bond motifs is 1. The first kappa shape index (κ1) is 11.6. The van der Waals surface area contributed by atoms with Crippen molar-refractivity contribution in [2.75, 3.05) is 6.54 Å². The summed E-state index contributed by atoms with van der Waals surface area (Å²) in [4.78, 5) is 11.5. The minimum absolute atomic E-state index is 0.0372. The Hall–Kier alpha value is -0.870. The van der Waals surface area contributed by atoms with Crippen molar-refractivity contribution in [2.45, 2.75) is 25.9 Å². The van der Waals surface area contributed by atoms with E-state index in [2.05, 4.69) is 15.9 Å². The van der Waals surface area contributed by atoms with Crippen LogP contribution < -0.4 is 10.5 Å². The molecule has 0 spiro atoms. The Bertz CT molecular complexity index is 455. The van der Waals surface area contributed by atoms with Crippen LogP contribution in [0.2, 0.25) is 0 Å². The van der Waals surface area contributed by atoms with Crippen LogP contribution in [0.1, 0.15) is 29.8 Å². The molecule has 1 aliphatic heterocycles. The third-order valence-corrected chi connectivity index (χ3v) is 3.21. The molecule has 0 fully saturated rings. The van der Waals surface area contributed by atoms with Crippen molar-refractivity contribution in [1.82, 2.24) is 0 Å². The number of Topliss-reactive ketones (excluding diaryl/α,β-unsaturated/α-hetero) is 1. The lowest BCUT2D eigenvalue weighted by Gasteiger charge is -2.17. The Morgan fingerprint density at radius 1 is 1.56 bits per heavy atom. The summed E-state index contributed by atoms with van der Waals surface area (Å²) in [6.45, 7) is 4.10. The minimum Gasteiger partial charge on any atom is -0.486 e. The first-order valence-corrected chi connectivity index (χ1v) is 5.97. The van der Waals surface area contributed by atoms with E-state index < -0.39 is 0 Å². The van der Waals surface area contributed by atoms with Crippen LogP contribution in [0.3, 0.4) is 0 Å². The second kappa shape index (κ2) is 3.86. The molecule has 0 bridgehead atoms. The average Bonchev–Trinajstić information content (AvgIpc) is 2.52. The van der Waals surface area contributed by atoms with Crippen LogP contribution in [0.4, 0.5) is 0 Å². The van der Waals surface area contributed by atoms with Gasteiger partial charge in [0.05, 0.1) is 11.0 Å². The maximum Gasteiger partial charge on any atom is 0.176 e. The number of halogens is 1. The normalized spacial score (nSPS) is 16.8. The molecular weight excluding hydrogens is 270 g/mol. The number of rotatable bonds is 2. The van der Waals surface area contributed by atoms with Gasteiger partial charge in [0.15, 0.2) is 5.78 Å². The van der Waals surface area contributed by atoms with Crippen LogP contribution in [0.5, 0.6) is 5.75 Å². The summed E-state index contributed by atoms with van der Waals surface area (Å²) in [6.07, 6.45) is 0.812. The third-order valence-electron chi connectivity index (χ3n) is 2.62. The van der Waals surface area contributed by atoms with Crippen LogP contribution in [-0.4, -0.2) is 17.9 Å². The van der Waals surface area contributed by atoms with E-state index in [1.807, 2.05) is 19.9 Å². The number of carbonyl (C=O) groups is 1. The zero-order valence-corrected chi connectivity index (χ0v) is 10.9. The molecule has 3 nitrogen and oxygen atoms in total. The Balaban J connectivity index is 2.46. The van der Waals surface area contributed by atoms with Gasteiger partial charge in [-0.1, -0.05) is 0 Å². The van der Waals surface area contributed by atoms with Crippen LogP contribution in [-0.2, 0) is 6.42 Å². The van der Waals surface area contributed by atoms with Gasteiger partial charge in [0, 0.05) is 12.0 Å². The molecular formula is C12H14BrNO2. The lowest BCUT2D eigenvalue weighted by atomic mass is 9.99. The Morgan fingerprint density at radius 2 is 2.25 bits per heavy atom. The van der Waals surface area contributed by atoms with Crippen LogP contribution >= 0.6 is 15.9 Å². The van der Waals surface area contributed by atoms with Crippen molar-refractivity contribution in [3.8, 4) is 5.75 Å². The Kier molecular flexibility index (Phi) is 2.80. The maximum absolute atomic E-state index is 11.5. The lowest BCUT2D eigenvalue weighted by Crippen LogP contribution is -2.24. The molecule has 1 aliphatic rings. The highest BCUT2D eigenvalue weighted by atomic mass is 79.9. The maximum atomic E-state index is 11.5. The van der Waals surface area contributed by atoms with Gasteiger partial charge in [-0.05, 0) is 47.5 Å². The average molecular weight is 284 g/mol. The topological polar surface area (TPSA) is 52.3 Å². The number of carbonyl (C=O) groups excluding carboxylic acids is 1. The van der Waals surface area contributed by atoms with Gasteiger partial charge in [-0.3, -0.25) is 4.79 Å². The van der Waals surface area contributed by atoms with Gasteiger partial charge >= 0.3 is 0 Å². The first-order chi connectivity index (χ1) is 7.43. The van der Waals surface area contributed by atoms with Crippen molar-refractivity contribution < 1.29 is 9.53 Å². The Morgan fingerprint density at radius 3 is 2.88 bits per heavy atom. The highest BCUT2D eigenvalue weighted by Gasteiger charge is 2.32. The van der Waals surface area contributed by atoms with E-state index in [9.17, 15) is 4.79 Å². The number of nitrogens with two attached hydrogens (primary N) is 1. The second-order valence-electron chi connectivity index (χ2n) is 4.61. The van der Waals surface area contributed by atoms with Gasteiger partial charge < -0.3 is 10.5 Å². The van der Waals surface area contributed by atoms with Gasteiger partial charge in [-0.15, -0.1) is 0 Å². The van der Waals surface area contributed by atoms with E-state index >= 15 is 0 Å². The molecule has 2 N–H and O–H groups in total. The molecule has 0 aliphatic carbocycles. The van der Waals surface area contributed by atoms with Gasteiger partial charge in [-0.2, -0.15) is 0 Å². The SMILES string of the molecule is CC1(C)Cc2cc(C(=O)CN)cc(Br)c2O1. The monoisotopic (exact) mass is 283 g/mol. The number of ketones is 1. The van der Waals surface area contributed by atoms with E-state index in [1.165, 1.54) is 0 Å². The molecule has 1 aromatic rings. The van der Waals surface area contributed by atoms with Crippen molar-refractivity contribution in [3.05, 3.63) is 27.7 Å². The quantitative estimate of drug-likeness (QED) is 0.848. The number of hydrogen-bond acceptors (Lipinski definition) is 3. The van der Waals surface area contributed by atoms with E-state index in [0.29, 0.717) is 5.56 Å². The molecule has 0 aromatic heterocycles.